The Bertz CT molecular complexity index is 1370. The molecule has 2 aliphatic rings. The molecular weight excluding hydrogens is 577 g/mol. The first-order valence-electron chi connectivity index (χ1n) is 14.2. The van der Waals surface area contributed by atoms with E-state index in [-0.39, 0.29) is 17.9 Å². The number of halogens is 3. The first-order valence-corrected chi connectivity index (χ1v) is 14.2. The fraction of sp³-hybridized carbons (Fsp3) is 0.400. The van der Waals surface area contributed by atoms with Crippen LogP contribution in [-0.2, 0) is 15.7 Å². The van der Waals surface area contributed by atoms with Gasteiger partial charge in [-0.25, -0.2) is 4.98 Å². The lowest BCUT2D eigenvalue weighted by Crippen LogP contribution is -2.25. The topological polar surface area (TPSA) is 126 Å². The number of nitrogens with one attached hydrogen (secondary N) is 4. The van der Waals surface area contributed by atoms with Gasteiger partial charge in [0.1, 0.15) is 22.9 Å². The molecule has 1 aromatic carbocycles. The molecule has 4 heterocycles. The van der Waals surface area contributed by atoms with Gasteiger partial charge in [-0.05, 0) is 43.0 Å². The van der Waals surface area contributed by atoms with E-state index in [1.165, 1.54) is 13.3 Å². The second kappa shape index (κ2) is 16.3. The summed E-state index contributed by atoms with van der Waals surface area (Å²) in [6.45, 7) is 13.0. The Hall–Kier alpha value is -4.59. The van der Waals surface area contributed by atoms with E-state index in [9.17, 15) is 18.0 Å². The van der Waals surface area contributed by atoms with E-state index in [4.69, 9.17) is 9.47 Å². The minimum atomic E-state index is -4.68. The lowest BCUT2D eigenvalue weighted by Gasteiger charge is -2.20. The number of nitrogens with zero attached hydrogens (tertiary/aromatic N) is 4. The Balaban J connectivity index is 0.000000675. The molecule has 1 unspecified atom stereocenters. The van der Waals surface area contributed by atoms with Gasteiger partial charge < -0.3 is 35.6 Å². The van der Waals surface area contributed by atoms with E-state index in [0.717, 1.165) is 32.0 Å². The average molecular weight is 617 g/mol. The van der Waals surface area contributed by atoms with Gasteiger partial charge in [0.25, 0.3) is 0 Å². The molecule has 2 aromatic heterocycles. The zero-order chi connectivity index (χ0) is 32.1. The molecule has 11 nitrogen and oxygen atoms in total. The number of hydrogen-bond acceptors (Lipinski definition) is 10. The maximum absolute atomic E-state index is 13.7. The lowest BCUT2D eigenvalue weighted by molar-refractivity contribution is -0.137. The number of carbonyl (C=O) groups is 1. The van der Waals surface area contributed by atoms with E-state index in [1.54, 1.807) is 41.3 Å². The Morgan fingerprint density at radius 1 is 1.11 bits per heavy atom. The van der Waals surface area contributed by atoms with E-state index in [1.807, 2.05) is 13.8 Å². The number of ether oxygens (including phenoxy) is 2. The van der Waals surface area contributed by atoms with Crippen LogP contribution >= 0.6 is 0 Å². The largest absolute Gasteiger partial charge is 0.479 e. The van der Waals surface area contributed by atoms with Gasteiger partial charge >= 0.3 is 6.18 Å². The number of rotatable bonds is 10. The van der Waals surface area contributed by atoms with Gasteiger partial charge in [0.15, 0.2) is 0 Å². The van der Waals surface area contributed by atoms with Crippen molar-refractivity contribution in [2.24, 2.45) is 5.92 Å². The molecule has 3 aromatic rings. The first-order chi connectivity index (χ1) is 21.2. The van der Waals surface area contributed by atoms with Gasteiger partial charge in [0.05, 0.1) is 20.3 Å². The van der Waals surface area contributed by atoms with Crippen LogP contribution < -0.4 is 26.0 Å². The number of methoxy groups -OCH3 is 1. The highest BCUT2D eigenvalue weighted by molar-refractivity contribution is 5.68. The van der Waals surface area contributed by atoms with Gasteiger partial charge in [-0.3, -0.25) is 4.79 Å². The van der Waals surface area contributed by atoms with E-state index in [2.05, 4.69) is 49.7 Å². The molecule has 0 spiro atoms. The number of pyridine rings is 1. The molecule has 0 bridgehead atoms. The zero-order valence-corrected chi connectivity index (χ0v) is 25.2. The number of benzene rings is 1. The van der Waals surface area contributed by atoms with E-state index < -0.39 is 17.6 Å². The van der Waals surface area contributed by atoms with Gasteiger partial charge in [0.2, 0.25) is 18.2 Å². The van der Waals surface area contributed by atoms with E-state index in [0.29, 0.717) is 42.2 Å². The number of amides is 1. The third-order valence-electron chi connectivity index (χ3n) is 6.31. The van der Waals surface area contributed by atoms with Crippen LogP contribution in [0.25, 0.3) is 0 Å². The predicted molar refractivity (Wildman–Crippen MR) is 166 cm³/mol. The normalized spacial score (nSPS) is 15.8. The third kappa shape index (κ3) is 9.73. The van der Waals surface area contributed by atoms with Gasteiger partial charge in [0, 0.05) is 42.6 Å². The second-order valence-electron chi connectivity index (χ2n) is 9.76. The number of likely N-dealkylation sites (tertiary alicyclic amines) is 1. The second-order valence-corrected chi connectivity index (χ2v) is 9.76. The number of aromatic nitrogens is 3. The Labute approximate surface area is 255 Å². The fourth-order valence-electron chi connectivity index (χ4n) is 4.14. The van der Waals surface area contributed by atoms with Gasteiger partial charge in [-0.2, -0.15) is 23.1 Å². The highest BCUT2D eigenvalue weighted by Crippen LogP contribution is 2.36. The van der Waals surface area contributed by atoms with Crippen molar-refractivity contribution in [3.8, 4) is 5.88 Å². The minimum absolute atomic E-state index is 0.0493. The standard InChI is InChI=1S/C24H25F3N8O2.C4H8O.C2H6/c1-3-28-15-5-4-6-16(11-15)31-21-18(24(25,26)27)12-29-23(34-21)32-19-7-8-20(33-22(19)37-2)30-17-9-10-35(13-17)14-36;1-4-2-5-3-4;1-2/h3-8,11-12,14,17,28H,1,9-10,13H2,2H3,(H,30,33)(H2,29,31,32,34);4H,2-3H2,1H3;1-2H3. The molecule has 2 aliphatic heterocycles. The Kier molecular flexibility index (Phi) is 12.6. The summed E-state index contributed by atoms with van der Waals surface area (Å²) in [6, 6.07) is 10.0. The van der Waals surface area contributed by atoms with Crippen LogP contribution in [0, 0.1) is 5.92 Å². The number of carbonyl (C=O) groups excluding carboxylic acids is 1. The van der Waals surface area contributed by atoms with Crippen molar-refractivity contribution in [3.63, 3.8) is 0 Å². The summed E-state index contributed by atoms with van der Waals surface area (Å²) in [5.74, 6) is 1.05. The summed E-state index contributed by atoms with van der Waals surface area (Å²) in [5, 5.41) is 11.7. The van der Waals surface area contributed by atoms with Crippen LogP contribution in [0.1, 0.15) is 32.8 Å². The van der Waals surface area contributed by atoms with Crippen molar-refractivity contribution >= 4 is 41.1 Å². The summed E-state index contributed by atoms with van der Waals surface area (Å²) in [5.41, 5.74) is 0.362. The highest BCUT2D eigenvalue weighted by Gasteiger charge is 2.35. The number of hydrogen-bond donors (Lipinski definition) is 4. The molecule has 4 N–H and O–H groups in total. The molecule has 0 aliphatic carbocycles. The van der Waals surface area contributed by atoms with Crippen molar-refractivity contribution in [1.29, 1.82) is 0 Å². The zero-order valence-electron chi connectivity index (χ0n) is 25.2. The van der Waals surface area contributed by atoms with Crippen molar-refractivity contribution < 1.29 is 27.4 Å². The van der Waals surface area contributed by atoms with Crippen LogP contribution in [0.4, 0.5) is 47.8 Å². The van der Waals surface area contributed by atoms with Crippen LogP contribution in [0.15, 0.2) is 55.4 Å². The molecule has 2 saturated heterocycles. The Morgan fingerprint density at radius 2 is 1.84 bits per heavy atom. The minimum Gasteiger partial charge on any atom is -0.479 e. The van der Waals surface area contributed by atoms with Crippen molar-refractivity contribution in [1.82, 2.24) is 19.9 Å². The molecular formula is C30H39F3N8O3. The molecule has 14 heteroatoms. The maximum Gasteiger partial charge on any atom is 0.421 e. The molecule has 44 heavy (non-hydrogen) atoms. The van der Waals surface area contributed by atoms with Crippen LogP contribution in [0.3, 0.4) is 0 Å². The highest BCUT2D eigenvalue weighted by atomic mass is 19.4. The average Bonchev–Trinajstić information content (AvgIpc) is 3.45. The molecule has 5 rings (SSSR count). The molecule has 1 amide bonds. The van der Waals surface area contributed by atoms with Crippen molar-refractivity contribution in [2.75, 3.05) is 54.7 Å². The summed E-state index contributed by atoms with van der Waals surface area (Å²) in [6.07, 6.45) is -0.916. The smallest absolute Gasteiger partial charge is 0.421 e. The summed E-state index contributed by atoms with van der Waals surface area (Å²) in [7, 11) is 1.42. The van der Waals surface area contributed by atoms with E-state index >= 15 is 0 Å². The summed E-state index contributed by atoms with van der Waals surface area (Å²) >= 11 is 0. The SMILES string of the molecule is C=CNc1cccc(Nc2nc(Nc3ccc(NC4CCN(C=O)C4)nc3OC)ncc2C(F)(F)F)c1.CC.CC1COC1. The summed E-state index contributed by atoms with van der Waals surface area (Å²) in [4.78, 5) is 24.9. The predicted octanol–water partition coefficient (Wildman–Crippen LogP) is 6.26. The van der Waals surface area contributed by atoms with Crippen LogP contribution in [-0.4, -0.2) is 65.7 Å². The molecule has 1 atom stereocenters. The third-order valence-corrected chi connectivity index (χ3v) is 6.31. The maximum atomic E-state index is 13.7. The number of alkyl halides is 3. The molecule has 0 saturated carbocycles. The molecule has 0 radical (unpaired) electrons. The molecule has 2 fully saturated rings. The summed E-state index contributed by atoms with van der Waals surface area (Å²) < 4.78 is 51.2. The monoisotopic (exact) mass is 616 g/mol. The Morgan fingerprint density at radius 3 is 2.43 bits per heavy atom. The fourth-order valence-corrected chi connectivity index (χ4v) is 4.14. The van der Waals surface area contributed by atoms with Crippen molar-refractivity contribution in [3.05, 3.63) is 60.9 Å². The molecule has 238 valence electrons. The van der Waals surface area contributed by atoms with Crippen LogP contribution in [0.2, 0.25) is 0 Å². The van der Waals surface area contributed by atoms with Gasteiger partial charge in [-0.1, -0.05) is 33.4 Å². The first kappa shape index (κ1) is 33.9. The number of anilines is 6. The van der Waals surface area contributed by atoms with Crippen molar-refractivity contribution in [2.45, 2.75) is 39.4 Å². The quantitative estimate of drug-likeness (QED) is 0.194. The lowest BCUT2D eigenvalue weighted by atomic mass is 10.2. The van der Waals surface area contributed by atoms with Gasteiger partial charge in [-0.15, -0.1) is 0 Å². The van der Waals surface area contributed by atoms with Crippen LogP contribution in [0.5, 0.6) is 5.88 Å².